The van der Waals surface area contributed by atoms with Crippen LogP contribution in [0.1, 0.15) is 18.4 Å². The lowest BCUT2D eigenvalue weighted by atomic mass is 10.1. The molecule has 3 heterocycles. The third-order valence-electron chi connectivity index (χ3n) is 5.23. The molecule has 0 spiro atoms. The number of hydrogen-bond donors (Lipinski definition) is 2. The first kappa shape index (κ1) is 18.5. The Balaban J connectivity index is 1.65. The molecule has 0 aliphatic heterocycles. The van der Waals surface area contributed by atoms with E-state index < -0.39 is 0 Å². The van der Waals surface area contributed by atoms with E-state index in [1.807, 2.05) is 24.3 Å². The first-order chi connectivity index (χ1) is 14.7. The molecule has 8 nitrogen and oxygen atoms in total. The average Bonchev–Trinajstić information content (AvgIpc) is 3.52. The zero-order valence-corrected chi connectivity index (χ0v) is 16.7. The standard InChI is InChI=1S/C22H21N5O3/c1-23-20-15-9-24-18(27-21(28)12-6-7-12)8-14(15)16(10-25-20)22-26-17-5-3-4-13(11-29-2)19(17)30-22/h3-5,8-10,12H,6-7,11H2,1-2H3,(H,23,25)(H,24,27,28). The van der Waals surface area contributed by atoms with Crippen molar-refractivity contribution in [3.8, 4) is 11.5 Å². The molecule has 4 aromatic rings. The Bertz CT molecular complexity index is 1260. The third kappa shape index (κ3) is 3.25. The lowest BCUT2D eigenvalue weighted by Gasteiger charge is -2.10. The molecular weight excluding hydrogens is 382 g/mol. The van der Waals surface area contributed by atoms with Gasteiger partial charge in [-0.15, -0.1) is 0 Å². The van der Waals surface area contributed by atoms with Crippen LogP contribution in [0.3, 0.4) is 0 Å². The van der Waals surface area contributed by atoms with Gasteiger partial charge < -0.3 is 19.8 Å². The molecule has 5 rings (SSSR count). The van der Waals surface area contributed by atoms with Crippen LogP contribution in [0.4, 0.5) is 11.6 Å². The monoisotopic (exact) mass is 403 g/mol. The van der Waals surface area contributed by atoms with Crippen LogP contribution in [-0.4, -0.2) is 35.0 Å². The smallest absolute Gasteiger partial charge is 0.229 e. The van der Waals surface area contributed by atoms with E-state index in [9.17, 15) is 4.79 Å². The Kier molecular flexibility index (Phi) is 4.55. The summed E-state index contributed by atoms with van der Waals surface area (Å²) in [6.45, 7) is 0.435. The highest BCUT2D eigenvalue weighted by Crippen LogP contribution is 2.35. The molecule has 1 saturated carbocycles. The fourth-order valence-electron chi connectivity index (χ4n) is 3.54. The van der Waals surface area contributed by atoms with E-state index >= 15 is 0 Å². The maximum Gasteiger partial charge on any atom is 0.229 e. The number of nitrogens with zero attached hydrogens (tertiary/aromatic N) is 3. The summed E-state index contributed by atoms with van der Waals surface area (Å²) < 4.78 is 11.4. The zero-order valence-electron chi connectivity index (χ0n) is 16.7. The second kappa shape index (κ2) is 7.38. The van der Waals surface area contributed by atoms with Crippen LogP contribution in [0.25, 0.3) is 33.3 Å². The average molecular weight is 403 g/mol. The molecule has 152 valence electrons. The zero-order chi connectivity index (χ0) is 20.7. The second-order valence-electron chi connectivity index (χ2n) is 7.37. The molecule has 0 atom stereocenters. The number of para-hydroxylation sites is 1. The quantitative estimate of drug-likeness (QED) is 0.502. The molecule has 0 bridgehead atoms. The Labute approximate surface area is 172 Å². The molecule has 1 aliphatic carbocycles. The topological polar surface area (TPSA) is 102 Å². The molecule has 0 unspecified atom stereocenters. The summed E-state index contributed by atoms with van der Waals surface area (Å²) in [6.07, 6.45) is 5.30. The number of aromatic nitrogens is 3. The van der Waals surface area contributed by atoms with E-state index in [0.717, 1.165) is 40.3 Å². The van der Waals surface area contributed by atoms with Crippen molar-refractivity contribution in [3.63, 3.8) is 0 Å². The van der Waals surface area contributed by atoms with Gasteiger partial charge in [-0.3, -0.25) is 4.79 Å². The number of fused-ring (bicyclic) bond motifs is 2. The first-order valence-corrected chi connectivity index (χ1v) is 9.83. The van der Waals surface area contributed by atoms with E-state index in [2.05, 4.69) is 25.6 Å². The number of oxazole rings is 1. The number of carbonyl (C=O) groups excluding carboxylic acids is 1. The molecule has 1 aliphatic rings. The number of methoxy groups -OCH3 is 1. The molecule has 30 heavy (non-hydrogen) atoms. The Morgan fingerprint density at radius 1 is 1.23 bits per heavy atom. The number of hydrogen-bond acceptors (Lipinski definition) is 7. The lowest BCUT2D eigenvalue weighted by molar-refractivity contribution is -0.117. The van der Waals surface area contributed by atoms with Gasteiger partial charge in [0.15, 0.2) is 5.58 Å². The van der Waals surface area contributed by atoms with Crippen molar-refractivity contribution < 1.29 is 13.9 Å². The van der Waals surface area contributed by atoms with Gasteiger partial charge in [0, 0.05) is 48.8 Å². The Morgan fingerprint density at radius 3 is 2.87 bits per heavy atom. The number of pyridine rings is 2. The summed E-state index contributed by atoms with van der Waals surface area (Å²) in [5.74, 6) is 1.77. The largest absolute Gasteiger partial charge is 0.436 e. The van der Waals surface area contributed by atoms with Gasteiger partial charge in [-0.2, -0.15) is 0 Å². The number of benzene rings is 1. The predicted molar refractivity (Wildman–Crippen MR) is 114 cm³/mol. The molecule has 1 amide bonds. The highest BCUT2D eigenvalue weighted by molar-refractivity contribution is 6.03. The van der Waals surface area contributed by atoms with Crippen LogP contribution in [0.5, 0.6) is 0 Å². The SMILES string of the molecule is CNc1ncc(-c2nc3cccc(COC)c3o2)c2cc(NC(=O)C3CC3)ncc12. The highest BCUT2D eigenvalue weighted by Gasteiger charge is 2.30. The van der Waals surface area contributed by atoms with Gasteiger partial charge in [-0.1, -0.05) is 12.1 Å². The van der Waals surface area contributed by atoms with E-state index in [1.54, 1.807) is 26.6 Å². The molecule has 0 saturated heterocycles. The van der Waals surface area contributed by atoms with Crippen molar-refractivity contribution in [1.82, 2.24) is 15.0 Å². The number of amides is 1. The molecule has 2 N–H and O–H groups in total. The molecule has 8 heteroatoms. The maximum atomic E-state index is 12.2. The predicted octanol–water partition coefficient (Wildman–Crippen LogP) is 3.97. The summed E-state index contributed by atoms with van der Waals surface area (Å²) in [4.78, 5) is 25.8. The minimum absolute atomic E-state index is 0.0114. The van der Waals surface area contributed by atoms with Crippen LogP contribution in [0, 0.1) is 5.92 Å². The minimum atomic E-state index is 0.0114. The van der Waals surface area contributed by atoms with Crippen molar-refractivity contribution in [2.45, 2.75) is 19.4 Å². The Morgan fingerprint density at radius 2 is 2.10 bits per heavy atom. The van der Waals surface area contributed by atoms with Gasteiger partial charge in [0.05, 0.1) is 12.2 Å². The molecule has 1 fully saturated rings. The lowest BCUT2D eigenvalue weighted by Crippen LogP contribution is -2.14. The van der Waals surface area contributed by atoms with Crippen LogP contribution < -0.4 is 10.6 Å². The first-order valence-electron chi connectivity index (χ1n) is 9.83. The third-order valence-corrected chi connectivity index (χ3v) is 5.23. The van der Waals surface area contributed by atoms with Gasteiger partial charge in [0.2, 0.25) is 11.8 Å². The number of rotatable bonds is 6. The van der Waals surface area contributed by atoms with E-state index in [-0.39, 0.29) is 11.8 Å². The van der Waals surface area contributed by atoms with E-state index in [0.29, 0.717) is 29.7 Å². The fourth-order valence-corrected chi connectivity index (χ4v) is 3.54. The maximum absolute atomic E-state index is 12.2. The molecule has 1 aromatic carbocycles. The van der Waals surface area contributed by atoms with Crippen LogP contribution in [0.2, 0.25) is 0 Å². The fraction of sp³-hybridized carbons (Fsp3) is 0.273. The van der Waals surface area contributed by atoms with Crippen molar-refractivity contribution >= 4 is 39.4 Å². The van der Waals surface area contributed by atoms with Gasteiger partial charge in [0.1, 0.15) is 17.2 Å². The number of anilines is 2. The molecular formula is C22H21N5O3. The normalized spacial score (nSPS) is 13.7. The molecule has 0 radical (unpaired) electrons. The van der Waals surface area contributed by atoms with Crippen molar-refractivity contribution in [2.75, 3.05) is 24.8 Å². The summed E-state index contributed by atoms with van der Waals surface area (Å²) >= 11 is 0. The van der Waals surface area contributed by atoms with E-state index in [1.165, 1.54) is 0 Å². The van der Waals surface area contributed by atoms with Crippen molar-refractivity contribution in [2.24, 2.45) is 5.92 Å². The van der Waals surface area contributed by atoms with Gasteiger partial charge in [-0.05, 0) is 25.0 Å². The molecule has 3 aromatic heterocycles. The number of nitrogens with one attached hydrogen (secondary N) is 2. The van der Waals surface area contributed by atoms with Crippen LogP contribution in [0.15, 0.2) is 41.1 Å². The van der Waals surface area contributed by atoms with Gasteiger partial charge in [0.25, 0.3) is 0 Å². The Hall–Kier alpha value is -3.52. The number of carbonyl (C=O) groups is 1. The summed E-state index contributed by atoms with van der Waals surface area (Å²) in [6, 6.07) is 7.63. The van der Waals surface area contributed by atoms with E-state index in [4.69, 9.17) is 9.15 Å². The number of ether oxygens (including phenoxy) is 1. The van der Waals surface area contributed by atoms with Crippen LogP contribution in [-0.2, 0) is 16.1 Å². The van der Waals surface area contributed by atoms with Crippen molar-refractivity contribution in [1.29, 1.82) is 0 Å². The van der Waals surface area contributed by atoms with Crippen molar-refractivity contribution in [3.05, 3.63) is 42.2 Å². The summed E-state index contributed by atoms with van der Waals surface area (Å²) in [5, 5.41) is 7.65. The second-order valence-corrected chi connectivity index (χ2v) is 7.37. The summed E-state index contributed by atoms with van der Waals surface area (Å²) in [7, 11) is 3.45. The van der Waals surface area contributed by atoms with Gasteiger partial charge in [-0.25, -0.2) is 15.0 Å². The summed E-state index contributed by atoms with van der Waals surface area (Å²) in [5.41, 5.74) is 3.10. The van der Waals surface area contributed by atoms with Crippen LogP contribution >= 0.6 is 0 Å². The van der Waals surface area contributed by atoms with Gasteiger partial charge >= 0.3 is 0 Å². The highest BCUT2D eigenvalue weighted by atomic mass is 16.5. The minimum Gasteiger partial charge on any atom is -0.436 e.